The molecule has 1 aromatic rings. The molecule has 0 unspecified atom stereocenters. The fraction of sp³-hybridized carbons (Fsp3) is 0. The first-order valence-corrected chi connectivity index (χ1v) is 1.58. The number of hydrogen-bond donors (Lipinski definition) is 1. The summed E-state index contributed by atoms with van der Waals surface area (Å²) in [6, 6.07) is 3.89. The van der Waals surface area contributed by atoms with Gasteiger partial charge in [-0.15, -0.1) is 0 Å². The van der Waals surface area contributed by atoms with Crippen molar-refractivity contribution in [2.45, 2.75) is 0 Å². The summed E-state index contributed by atoms with van der Waals surface area (Å²) in [5.41, 5.74) is 0. The van der Waals surface area contributed by atoms with Gasteiger partial charge in [-0.05, 0) is 12.1 Å². The van der Waals surface area contributed by atoms with Gasteiger partial charge < -0.3 is 4.98 Å². The lowest BCUT2D eigenvalue weighted by molar-refractivity contribution is 1.11. The van der Waals surface area contributed by atoms with Crippen molar-refractivity contribution in [3.05, 3.63) is 24.5 Å². The third-order valence-corrected chi connectivity index (χ3v) is 0.496. The van der Waals surface area contributed by atoms with Gasteiger partial charge in [-0.25, -0.2) is 0 Å². The first-order valence-electron chi connectivity index (χ1n) is 1.58. The number of rotatable bonds is 0. The first kappa shape index (κ1) is 9.66. The third kappa shape index (κ3) is 3.25. The Hall–Kier alpha value is -0.573. The van der Waals surface area contributed by atoms with Crippen molar-refractivity contribution in [1.82, 2.24) is 4.98 Å². The number of hydrogen-bond acceptors (Lipinski definition) is 0. The number of aromatic nitrogens is 1. The normalized spacial score (nSPS) is 5.71. The maximum Gasteiger partial charge on any atom is 0.000496 e. The molecule has 7 heavy (non-hydrogen) atoms. The molecule has 1 aromatic heterocycles. The maximum atomic E-state index is 2.86. The van der Waals surface area contributed by atoms with E-state index >= 15 is 0 Å². The highest BCUT2D eigenvalue weighted by molar-refractivity contribution is 5.75. The van der Waals surface area contributed by atoms with Gasteiger partial charge in [0.15, 0.2) is 0 Å². The Bertz CT molecular complexity index is 68.2. The molecular formula is C4H6FNSi. The minimum Gasteiger partial charge on any atom is -0.368 e. The molecule has 1 heterocycles. The lowest BCUT2D eigenvalue weighted by Crippen LogP contribution is -1.38. The van der Waals surface area contributed by atoms with Crippen LogP contribution in [0.25, 0.3) is 0 Å². The largest absolute Gasteiger partial charge is 0.368 e. The zero-order chi connectivity index (χ0) is 3.54. The van der Waals surface area contributed by atoms with Crippen LogP contribution in [0, 0.1) is 0 Å². The number of aromatic amines is 1. The molecule has 0 fully saturated rings. The van der Waals surface area contributed by atoms with Crippen LogP contribution >= 0.6 is 0 Å². The van der Waals surface area contributed by atoms with Crippen LogP contribution < -0.4 is 0 Å². The Kier molecular flexibility index (Phi) is 7.49. The van der Waals surface area contributed by atoms with Crippen LogP contribution in [0.5, 0.6) is 0 Å². The molecule has 1 rings (SSSR count). The molecule has 1 N–H and O–H groups in total. The van der Waals surface area contributed by atoms with Gasteiger partial charge >= 0.3 is 0 Å². The molecular weight excluding hydrogens is 109 g/mol. The van der Waals surface area contributed by atoms with Crippen LogP contribution in [-0.2, 0) is 0 Å². The van der Waals surface area contributed by atoms with Gasteiger partial charge in [0.05, 0.1) is 0 Å². The topological polar surface area (TPSA) is 15.8 Å². The van der Waals surface area contributed by atoms with E-state index in [9.17, 15) is 0 Å². The van der Waals surface area contributed by atoms with Crippen LogP contribution in [0.1, 0.15) is 0 Å². The minimum atomic E-state index is 0. The summed E-state index contributed by atoms with van der Waals surface area (Å²) < 4.78 is 0. The van der Waals surface area contributed by atoms with Crippen LogP contribution in [0.15, 0.2) is 24.5 Å². The zero-order valence-electron chi connectivity index (χ0n) is 3.72. The zero-order valence-corrected chi connectivity index (χ0v) is 4.72. The molecule has 3 heteroatoms. The smallest absolute Gasteiger partial charge is 0.000496 e. The van der Waals surface area contributed by atoms with Crippen molar-refractivity contribution in [2.24, 2.45) is 0 Å². The van der Waals surface area contributed by atoms with Crippen molar-refractivity contribution in [2.75, 3.05) is 0 Å². The van der Waals surface area contributed by atoms with E-state index in [1.54, 1.807) is 0 Å². The lowest BCUT2D eigenvalue weighted by atomic mass is 10.7. The van der Waals surface area contributed by atoms with E-state index < -0.39 is 0 Å². The number of nitrogens with one attached hydrogen (secondary N) is 1. The molecule has 4 radical (unpaired) electrons. The van der Waals surface area contributed by atoms with Crippen LogP contribution in [0.3, 0.4) is 0 Å². The third-order valence-electron chi connectivity index (χ3n) is 0.496. The summed E-state index contributed by atoms with van der Waals surface area (Å²) in [5, 5.41) is 0. The second-order valence-electron chi connectivity index (χ2n) is 0.885. The average molecular weight is 115 g/mol. The predicted octanol–water partition coefficient (Wildman–Crippen LogP) is 0.786. The highest BCUT2D eigenvalue weighted by atomic mass is 28.1. The SMILES string of the molecule is F.[Si].c1cc[nH]c1. The van der Waals surface area contributed by atoms with Crippen molar-refractivity contribution in [1.29, 1.82) is 0 Å². The first-order chi connectivity index (χ1) is 2.50. The molecule has 0 aliphatic heterocycles. The Labute approximate surface area is 46.1 Å². The minimum absolute atomic E-state index is 0. The predicted molar refractivity (Wildman–Crippen MR) is 29.0 cm³/mol. The van der Waals surface area contributed by atoms with Gasteiger partial charge in [0.1, 0.15) is 0 Å². The molecule has 0 aliphatic rings. The Morgan fingerprint density at radius 3 is 1.57 bits per heavy atom. The Balaban J connectivity index is 0. The molecule has 0 aliphatic carbocycles. The van der Waals surface area contributed by atoms with E-state index in [4.69, 9.17) is 0 Å². The fourth-order valence-corrected chi connectivity index (χ4v) is 0.278. The van der Waals surface area contributed by atoms with E-state index in [0.29, 0.717) is 0 Å². The lowest BCUT2D eigenvalue weighted by Gasteiger charge is -1.49. The van der Waals surface area contributed by atoms with Gasteiger partial charge in [-0.1, -0.05) is 0 Å². The summed E-state index contributed by atoms with van der Waals surface area (Å²) in [4.78, 5) is 2.86. The van der Waals surface area contributed by atoms with Crippen LogP contribution in [0.4, 0.5) is 4.70 Å². The molecule has 0 aromatic carbocycles. The van der Waals surface area contributed by atoms with Gasteiger partial charge in [0, 0.05) is 23.4 Å². The van der Waals surface area contributed by atoms with Gasteiger partial charge in [0.25, 0.3) is 0 Å². The summed E-state index contributed by atoms with van der Waals surface area (Å²) >= 11 is 0. The van der Waals surface area contributed by atoms with E-state index in [2.05, 4.69) is 4.98 Å². The van der Waals surface area contributed by atoms with E-state index in [1.807, 2.05) is 24.5 Å². The standard InChI is InChI=1S/C4H5N.FH.Si/c1-2-4-5-3-1;;/h1-5H;1H;. The molecule has 0 amide bonds. The Morgan fingerprint density at radius 2 is 1.43 bits per heavy atom. The fourth-order valence-electron chi connectivity index (χ4n) is 0.278. The highest BCUT2D eigenvalue weighted by Crippen LogP contribution is 1.72. The maximum absolute atomic E-state index is 2.86. The van der Waals surface area contributed by atoms with Crippen LogP contribution in [0.2, 0.25) is 0 Å². The number of H-pyrrole nitrogens is 1. The summed E-state index contributed by atoms with van der Waals surface area (Å²) in [5.74, 6) is 0. The summed E-state index contributed by atoms with van der Waals surface area (Å²) in [7, 11) is 0. The van der Waals surface area contributed by atoms with Crippen LogP contribution in [-0.4, -0.2) is 15.9 Å². The second-order valence-corrected chi connectivity index (χ2v) is 0.885. The molecule has 0 saturated heterocycles. The second kappa shape index (κ2) is 5.43. The molecule has 0 atom stereocenters. The van der Waals surface area contributed by atoms with Gasteiger partial charge in [-0.3, -0.25) is 4.70 Å². The quantitative estimate of drug-likeness (QED) is 0.481. The molecule has 0 spiro atoms. The molecule has 0 saturated carbocycles. The highest BCUT2D eigenvalue weighted by Gasteiger charge is 1.55. The van der Waals surface area contributed by atoms with Crippen molar-refractivity contribution in [3.63, 3.8) is 0 Å². The Morgan fingerprint density at radius 1 is 1.00 bits per heavy atom. The molecule has 38 valence electrons. The van der Waals surface area contributed by atoms with E-state index in [-0.39, 0.29) is 15.7 Å². The molecule has 0 bridgehead atoms. The van der Waals surface area contributed by atoms with E-state index in [1.165, 1.54) is 0 Å². The molecule has 1 nitrogen and oxygen atoms in total. The van der Waals surface area contributed by atoms with Crippen molar-refractivity contribution >= 4 is 11.0 Å². The number of halogens is 1. The summed E-state index contributed by atoms with van der Waals surface area (Å²) in [6.45, 7) is 0. The van der Waals surface area contributed by atoms with Gasteiger partial charge in [-0.2, -0.15) is 0 Å². The monoisotopic (exact) mass is 115 g/mol. The van der Waals surface area contributed by atoms with E-state index in [0.717, 1.165) is 0 Å². The average Bonchev–Trinajstić information content (AvgIpc) is 1.76. The summed E-state index contributed by atoms with van der Waals surface area (Å²) in [6.07, 6.45) is 3.75. The van der Waals surface area contributed by atoms with Gasteiger partial charge in [0.2, 0.25) is 0 Å². The van der Waals surface area contributed by atoms with Crippen molar-refractivity contribution in [3.8, 4) is 0 Å². The van der Waals surface area contributed by atoms with Crippen molar-refractivity contribution < 1.29 is 4.70 Å².